The van der Waals surface area contributed by atoms with Crippen molar-refractivity contribution in [3.63, 3.8) is 0 Å². The highest BCUT2D eigenvalue weighted by Crippen LogP contribution is 2.47. The summed E-state index contributed by atoms with van der Waals surface area (Å²) >= 11 is 0. The van der Waals surface area contributed by atoms with Crippen LogP contribution in [0.1, 0.15) is 31.2 Å². The second-order valence-electron chi connectivity index (χ2n) is 6.32. The molecule has 1 saturated carbocycles. The smallest absolute Gasteiger partial charge is 0.410 e. The van der Waals surface area contributed by atoms with E-state index in [0.717, 1.165) is 24.8 Å². The number of benzene rings is 1. The van der Waals surface area contributed by atoms with Gasteiger partial charge in [0.15, 0.2) is 0 Å². The van der Waals surface area contributed by atoms with Crippen LogP contribution in [0.4, 0.5) is 4.79 Å². The Hall–Kier alpha value is -2.04. The monoisotopic (exact) mass is 303 g/mol. The molecule has 3 rings (SSSR count). The third kappa shape index (κ3) is 2.67. The van der Waals surface area contributed by atoms with E-state index in [4.69, 9.17) is 4.74 Å². The van der Waals surface area contributed by atoms with Gasteiger partial charge in [0.05, 0.1) is 5.41 Å². The highest BCUT2D eigenvalue weighted by Gasteiger charge is 2.54. The van der Waals surface area contributed by atoms with Crippen LogP contribution in [-0.4, -0.2) is 35.2 Å². The molecule has 2 aliphatic rings. The number of carbonyl (C=O) groups excluding carboxylic acids is 1. The fraction of sp³-hybridized carbons (Fsp3) is 0.529. The van der Waals surface area contributed by atoms with Gasteiger partial charge in [0.25, 0.3) is 0 Å². The number of carboxylic acids is 1. The van der Waals surface area contributed by atoms with E-state index in [0.29, 0.717) is 13.0 Å². The molecule has 1 N–H and O–H groups in total. The van der Waals surface area contributed by atoms with E-state index in [9.17, 15) is 14.7 Å². The maximum absolute atomic E-state index is 12.2. The van der Waals surface area contributed by atoms with Gasteiger partial charge in [-0.2, -0.15) is 0 Å². The van der Waals surface area contributed by atoms with Crippen molar-refractivity contribution < 1.29 is 19.4 Å². The number of amides is 1. The summed E-state index contributed by atoms with van der Waals surface area (Å²) in [6.07, 6.45) is 3.12. The summed E-state index contributed by atoms with van der Waals surface area (Å²) < 4.78 is 5.34. The molecule has 0 bridgehead atoms. The van der Waals surface area contributed by atoms with Gasteiger partial charge in [-0.1, -0.05) is 43.2 Å². The van der Waals surface area contributed by atoms with Crippen LogP contribution >= 0.6 is 0 Å². The molecular weight excluding hydrogens is 282 g/mol. The van der Waals surface area contributed by atoms with Crippen LogP contribution in [0.2, 0.25) is 0 Å². The average Bonchev–Trinajstić information content (AvgIpc) is 2.95. The summed E-state index contributed by atoms with van der Waals surface area (Å²) in [5, 5.41) is 9.63. The lowest BCUT2D eigenvalue weighted by Gasteiger charge is -2.33. The summed E-state index contributed by atoms with van der Waals surface area (Å²) in [5.41, 5.74) is 0.171. The van der Waals surface area contributed by atoms with Gasteiger partial charge in [-0.25, -0.2) is 4.79 Å². The van der Waals surface area contributed by atoms with Gasteiger partial charge in [-0.3, -0.25) is 4.79 Å². The Morgan fingerprint density at radius 3 is 2.73 bits per heavy atom. The van der Waals surface area contributed by atoms with Crippen molar-refractivity contribution in [2.45, 2.75) is 32.3 Å². The number of nitrogens with zero attached hydrogens (tertiary/aromatic N) is 1. The van der Waals surface area contributed by atoms with E-state index in [1.54, 1.807) is 4.90 Å². The number of ether oxygens (including phenoxy) is 1. The quantitative estimate of drug-likeness (QED) is 0.932. The maximum Gasteiger partial charge on any atom is 0.410 e. The Kier molecular flexibility index (Phi) is 4.05. The summed E-state index contributed by atoms with van der Waals surface area (Å²) in [6.45, 7) is 1.00. The molecule has 0 radical (unpaired) electrons. The largest absolute Gasteiger partial charge is 0.481 e. The average molecular weight is 303 g/mol. The summed E-state index contributed by atoms with van der Waals surface area (Å²) in [5.74, 6) is -0.710. The lowest BCUT2D eigenvalue weighted by molar-refractivity contribution is -0.152. The minimum absolute atomic E-state index is 0.0584. The van der Waals surface area contributed by atoms with E-state index in [1.807, 2.05) is 30.3 Å². The number of rotatable bonds is 3. The lowest BCUT2D eigenvalue weighted by Crippen LogP contribution is -2.41. The number of hydrogen-bond donors (Lipinski definition) is 1. The third-order valence-electron chi connectivity index (χ3n) is 5.01. The summed E-state index contributed by atoms with van der Waals surface area (Å²) in [7, 11) is 0. The molecule has 5 nitrogen and oxygen atoms in total. The summed E-state index contributed by atoms with van der Waals surface area (Å²) in [6, 6.07) is 9.50. The van der Waals surface area contributed by atoms with Crippen molar-refractivity contribution in [3.05, 3.63) is 35.9 Å². The Labute approximate surface area is 129 Å². The van der Waals surface area contributed by atoms with Gasteiger partial charge in [-0.15, -0.1) is 0 Å². The van der Waals surface area contributed by atoms with E-state index in [-0.39, 0.29) is 19.1 Å². The number of carbonyl (C=O) groups is 2. The van der Waals surface area contributed by atoms with Crippen LogP contribution in [0.15, 0.2) is 30.3 Å². The molecule has 0 aromatic heterocycles. The SMILES string of the molecule is O=C(OCc1ccccc1)N1C[C@H]2CCCC[C@@]2(C(=O)O)C1. The van der Waals surface area contributed by atoms with Crippen molar-refractivity contribution in [1.29, 1.82) is 0 Å². The minimum atomic E-state index is -0.768. The summed E-state index contributed by atoms with van der Waals surface area (Å²) in [4.78, 5) is 25.5. The minimum Gasteiger partial charge on any atom is -0.481 e. The predicted molar refractivity (Wildman–Crippen MR) is 80.2 cm³/mol. The number of likely N-dealkylation sites (tertiary alicyclic amines) is 1. The predicted octanol–water partition coefficient (Wildman–Crippen LogP) is 2.90. The fourth-order valence-corrected chi connectivity index (χ4v) is 3.76. The molecule has 2 atom stereocenters. The first-order valence-corrected chi connectivity index (χ1v) is 7.81. The van der Waals surface area contributed by atoms with Gasteiger partial charge < -0.3 is 14.7 Å². The molecular formula is C17H21NO4. The van der Waals surface area contributed by atoms with E-state index in [2.05, 4.69) is 0 Å². The Bertz CT molecular complexity index is 559. The van der Waals surface area contributed by atoms with E-state index >= 15 is 0 Å². The second kappa shape index (κ2) is 5.99. The zero-order chi connectivity index (χ0) is 15.6. The normalized spacial score (nSPS) is 27.3. The number of fused-ring (bicyclic) bond motifs is 1. The second-order valence-corrected chi connectivity index (χ2v) is 6.32. The number of aliphatic carboxylic acids is 1. The molecule has 1 aromatic rings. The van der Waals surface area contributed by atoms with Gasteiger partial charge >= 0.3 is 12.1 Å². The third-order valence-corrected chi connectivity index (χ3v) is 5.01. The highest BCUT2D eigenvalue weighted by molar-refractivity contribution is 5.78. The fourth-order valence-electron chi connectivity index (χ4n) is 3.76. The maximum atomic E-state index is 12.2. The molecule has 0 spiro atoms. The van der Waals surface area contributed by atoms with Crippen LogP contribution in [-0.2, 0) is 16.1 Å². The van der Waals surface area contributed by atoms with Gasteiger partial charge in [0, 0.05) is 13.1 Å². The first-order valence-electron chi connectivity index (χ1n) is 7.81. The van der Waals surface area contributed by atoms with Crippen molar-refractivity contribution >= 4 is 12.1 Å². The molecule has 1 aliphatic heterocycles. The molecule has 2 fully saturated rings. The van der Waals surface area contributed by atoms with E-state index in [1.165, 1.54) is 0 Å². The standard InChI is InChI=1S/C17H21NO4/c19-15(20)17-9-5-4-8-14(17)10-18(12-17)16(21)22-11-13-6-2-1-3-7-13/h1-3,6-7,14H,4-5,8-12H2,(H,19,20)/t14-,17-/m1/s1. The Morgan fingerprint density at radius 2 is 2.05 bits per heavy atom. The highest BCUT2D eigenvalue weighted by atomic mass is 16.6. The molecule has 118 valence electrons. The molecule has 0 unspecified atom stereocenters. The Balaban J connectivity index is 1.63. The topological polar surface area (TPSA) is 66.8 Å². The molecule has 1 heterocycles. The lowest BCUT2D eigenvalue weighted by atomic mass is 9.68. The van der Waals surface area contributed by atoms with Crippen LogP contribution in [0.5, 0.6) is 0 Å². The van der Waals surface area contributed by atoms with Crippen LogP contribution in [0.25, 0.3) is 0 Å². The molecule has 22 heavy (non-hydrogen) atoms. The molecule has 1 saturated heterocycles. The molecule has 5 heteroatoms. The van der Waals surface area contributed by atoms with E-state index < -0.39 is 17.5 Å². The van der Waals surface area contributed by atoms with Crippen molar-refractivity contribution in [3.8, 4) is 0 Å². The van der Waals surface area contributed by atoms with Crippen molar-refractivity contribution in [2.24, 2.45) is 11.3 Å². The molecule has 1 aromatic carbocycles. The first-order chi connectivity index (χ1) is 10.6. The molecule has 1 amide bonds. The first kappa shape index (κ1) is 14.9. The van der Waals surface area contributed by atoms with Gasteiger partial charge in [-0.05, 0) is 24.3 Å². The van der Waals surface area contributed by atoms with Crippen molar-refractivity contribution in [2.75, 3.05) is 13.1 Å². The zero-order valence-electron chi connectivity index (χ0n) is 12.5. The number of carboxylic acid groups (broad SMARTS) is 1. The van der Waals surface area contributed by atoms with Gasteiger partial charge in [0.1, 0.15) is 6.61 Å². The number of hydrogen-bond acceptors (Lipinski definition) is 3. The van der Waals surface area contributed by atoms with Crippen molar-refractivity contribution in [1.82, 2.24) is 4.90 Å². The zero-order valence-corrected chi connectivity index (χ0v) is 12.5. The molecule has 1 aliphatic carbocycles. The van der Waals surface area contributed by atoms with Crippen LogP contribution in [0.3, 0.4) is 0 Å². The van der Waals surface area contributed by atoms with Crippen LogP contribution < -0.4 is 0 Å². The Morgan fingerprint density at radius 1 is 1.27 bits per heavy atom. The van der Waals surface area contributed by atoms with Gasteiger partial charge in [0.2, 0.25) is 0 Å². The van der Waals surface area contributed by atoms with Crippen LogP contribution in [0, 0.1) is 11.3 Å².